The molecule has 3 rings (SSSR count). The van der Waals surface area contributed by atoms with Crippen molar-refractivity contribution in [1.82, 2.24) is 9.88 Å². The van der Waals surface area contributed by atoms with E-state index in [-0.39, 0.29) is 12.5 Å². The third-order valence-electron chi connectivity index (χ3n) is 4.03. The summed E-state index contributed by atoms with van der Waals surface area (Å²) in [5.74, 6) is 0.861. The van der Waals surface area contributed by atoms with Crippen LogP contribution in [0.3, 0.4) is 0 Å². The van der Waals surface area contributed by atoms with Crippen molar-refractivity contribution in [2.24, 2.45) is 0 Å². The van der Waals surface area contributed by atoms with Gasteiger partial charge in [0.05, 0.1) is 0 Å². The Morgan fingerprint density at radius 2 is 2.04 bits per heavy atom. The molecule has 2 heterocycles. The van der Waals surface area contributed by atoms with Gasteiger partial charge in [-0.1, -0.05) is 25.1 Å². The molecule has 0 spiro atoms. The summed E-state index contributed by atoms with van der Waals surface area (Å²) >= 11 is 1.64. The van der Waals surface area contributed by atoms with Gasteiger partial charge in [-0.15, -0.1) is 11.3 Å². The molecule has 0 N–H and O–H groups in total. The van der Waals surface area contributed by atoms with Crippen molar-refractivity contribution in [2.45, 2.75) is 13.3 Å². The van der Waals surface area contributed by atoms with E-state index in [1.54, 1.807) is 11.3 Å². The molecule has 122 valence electrons. The highest BCUT2D eigenvalue weighted by atomic mass is 32.1. The third-order valence-corrected chi connectivity index (χ3v) is 4.86. The number of rotatable bonds is 5. The minimum atomic E-state index is 0.0506. The van der Waals surface area contributed by atoms with Gasteiger partial charge in [0, 0.05) is 37.8 Å². The number of ether oxygens (including phenoxy) is 1. The van der Waals surface area contributed by atoms with Crippen LogP contribution < -0.4 is 9.64 Å². The monoisotopic (exact) mass is 331 g/mol. The van der Waals surface area contributed by atoms with E-state index in [0.29, 0.717) is 0 Å². The van der Waals surface area contributed by atoms with Crippen LogP contribution in [0.1, 0.15) is 12.5 Å². The lowest BCUT2D eigenvalue weighted by Gasteiger charge is -2.34. The lowest BCUT2D eigenvalue weighted by Crippen LogP contribution is -2.50. The first-order valence-corrected chi connectivity index (χ1v) is 8.79. The number of carbonyl (C=O) groups excluding carboxylic acids is 1. The fourth-order valence-corrected chi connectivity index (χ4v) is 3.38. The molecule has 0 bridgehead atoms. The molecule has 1 amide bonds. The summed E-state index contributed by atoms with van der Waals surface area (Å²) in [6.07, 6.45) is 2.72. The topological polar surface area (TPSA) is 45.7 Å². The highest BCUT2D eigenvalue weighted by Crippen LogP contribution is 2.20. The number of thiazole rings is 1. The molecule has 1 saturated heterocycles. The van der Waals surface area contributed by atoms with Gasteiger partial charge in [-0.3, -0.25) is 4.79 Å². The number of hydrogen-bond donors (Lipinski definition) is 0. The Balaban J connectivity index is 1.50. The van der Waals surface area contributed by atoms with Gasteiger partial charge in [0.25, 0.3) is 5.91 Å². The molecule has 0 unspecified atom stereocenters. The summed E-state index contributed by atoms with van der Waals surface area (Å²) in [5.41, 5.74) is 1.13. The number of aromatic nitrogens is 1. The van der Waals surface area contributed by atoms with E-state index < -0.39 is 0 Å². The highest BCUT2D eigenvalue weighted by Gasteiger charge is 2.22. The smallest absolute Gasteiger partial charge is 0.260 e. The van der Waals surface area contributed by atoms with E-state index in [4.69, 9.17) is 4.74 Å². The van der Waals surface area contributed by atoms with Crippen LogP contribution in [-0.4, -0.2) is 48.6 Å². The predicted molar refractivity (Wildman–Crippen MR) is 92.2 cm³/mol. The zero-order valence-corrected chi connectivity index (χ0v) is 14.1. The Bertz CT molecular complexity index is 637. The molecule has 1 fully saturated rings. The van der Waals surface area contributed by atoms with Gasteiger partial charge >= 0.3 is 0 Å². The van der Waals surface area contributed by atoms with Crippen molar-refractivity contribution >= 4 is 22.4 Å². The summed E-state index contributed by atoms with van der Waals surface area (Å²) in [6, 6.07) is 7.89. The van der Waals surface area contributed by atoms with Gasteiger partial charge in [-0.2, -0.15) is 0 Å². The molecule has 5 nitrogen and oxygen atoms in total. The Morgan fingerprint density at radius 3 is 2.74 bits per heavy atom. The largest absolute Gasteiger partial charge is 0.483 e. The van der Waals surface area contributed by atoms with Crippen molar-refractivity contribution in [3.05, 3.63) is 41.4 Å². The first-order chi connectivity index (χ1) is 11.3. The predicted octanol–water partition coefficient (Wildman–Crippen LogP) is 2.43. The van der Waals surface area contributed by atoms with E-state index in [1.807, 2.05) is 40.7 Å². The lowest BCUT2D eigenvalue weighted by molar-refractivity contribution is -0.133. The first-order valence-electron chi connectivity index (χ1n) is 7.91. The van der Waals surface area contributed by atoms with Gasteiger partial charge in [-0.25, -0.2) is 4.98 Å². The number of piperazine rings is 1. The summed E-state index contributed by atoms with van der Waals surface area (Å²) in [4.78, 5) is 20.8. The van der Waals surface area contributed by atoms with Gasteiger partial charge in [0.15, 0.2) is 11.7 Å². The molecule has 0 atom stereocenters. The number of anilines is 1. The molecular formula is C17H21N3O2S. The molecule has 0 radical (unpaired) electrons. The van der Waals surface area contributed by atoms with Crippen LogP contribution in [0.2, 0.25) is 0 Å². The Labute approximate surface area is 140 Å². The number of amides is 1. The van der Waals surface area contributed by atoms with Crippen LogP contribution in [0.25, 0.3) is 0 Å². The molecule has 1 aliphatic heterocycles. The van der Waals surface area contributed by atoms with Gasteiger partial charge in [-0.05, 0) is 18.1 Å². The average Bonchev–Trinajstić information content (AvgIpc) is 3.14. The minimum Gasteiger partial charge on any atom is -0.483 e. The quantitative estimate of drug-likeness (QED) is 0.844. The molecule has 1 aromatic heterocycles. The zero-order chi connectivity index (χ0) is 16.1. The summed E-state index contributed by atoms with van der Waals surface area (Å²) in [5, 5.41) is 3.01. The maximum Gasteiger partial charge on any atom is 0.260 e. The molecular weight excluding hydrogens is 310 g/mol. The van der Waals surface area contributed by atoms with Gasteiger partial charge < -0.3 is 14.5 Å². The molecule has 2 aromatic rings. The van der Waals surface area contributed by atoms with E-state index in [9.17, 15) is 4.79 Å². The number of nitrogens with zero attached hydrogens (tertiary/aromatic N) is 3. The van der Waals surface area contributed by atoms with Crippen molar-refractivity contribution in [2.75, 3.05) is 37.7 Å². The average molecular weight is 331 g/mol. The third kappa shape index (κ3) is 3.82. The fraction of sp³-hybridized carbons (Fsp3) is 0.412. The maximum absolute atomic E-state index is 12.3. The van der Waals surface area contributed by atoms with Crippen molar-refractivity contribution in [1.29, 1.82) is 0 Å². The van der Waals surface area contributed by atoms with E-state index in [2.05, 4.69) is 16.8 Å². The number of carbonyl (C=O) groups is 1. The number of aryl methyl sites for hydroxylation is 1. The van der Waals surface area contributed by atoms with Crippen LogP contribution in [0.4, 0.5) is 5.13 Å². The number of benzene rings is 1. The van der Waals surface area contributed by atoms with Crippen LogP contribution in [0, 0.1) is 0 Å². The molecule has 0 aliphatic carbocycles. The number of hydrogen-bond acceptors (Lipinski definition) is 5. The molecule has 1 aromatic carbocycles. The SMILES string of the molecule is CCc1ccccc1OCC(=O)N1CCN(c2nccs2)CC1. The first kappa shape index (κ1) is 15.8. The van der Waals surface area contributed by atoms with Crippen molar-refractivity contribution in [3.63, 3.8) is 0 Å². The fourth-order valence-electron chi connectivity index (χ4n) is 2.69. The Morgan fingerprint density at radius 1 is 1.26 bits per heavy atom. The molecule has 0 saturated carbocycles. The van der Waals surface area contributed by atoms with Crippen molar-refractivity contribution in [3.8, 4) is 5.75 Å². The summed E-state index contributed by atoms with van der Waals surface area (Å²) < 4.78 is 5.73. The summed E-state index contributed by atoms with van der Waals surface area (Å²) in [6.45, 7) is 5.28. The maximum atomic E-state index is 12.3. The second-order valence-corrected chi connectivity index (χ2v) is 6.31. The van der Waals surface area contributed by atoms with Crippen LogP contribution in [0.15, 0.2) is 35.8 Å². The minimum absolute atomic E-state index is 0.0506. The Kier molecular flexibility index (Phi) is 5.12. The molecule has 1 aliphatic rings. The molecule has 23 heavy (non-hydrogen) atoms. The number of para-hydroxylation sites is 1. The van der Waals surface area contributed by atoms with E-state index in [0.717, 1.165) is 49.0 Å². The van der Waals surface area contributed by atoms with Crippen molar-refractivity contribution < 1.29 is 9.53 Å². The lowest BCUT2D eigenvalue weighted by atomic mass is 10.1. The van der Waals surface area contributed by atoms with Crippen LogP contribution in [0.5, 0.6) is 5.75 Å². The Hall–Kier alpha value is -2.08. The second kappa shape index (κ2) is 7.46. The van der Waals surface area contributed by atoms with Gasteiger partial charge in [0.2, 0.25) is 0 Å². The summed E-state index contributed by atoms with van der Waals surface area (Å²) in [7, 11) is 0. The second-order valence-electron chi connectivity index (χ2n) is 5.43. The van der Waals surface area contributed by atoms with E-state index >= 15 is 0 Å². The standard InChI is InChI=1S/C17H21N3O2S/c1-2-14-5-3-4-6-15(14)22-13-16(21)19-8-10-20(11-9-19)17-18-7-12-23-17/h3-7,12H,2,8-11,13H2,1H3. The normalized spacial score (nSPS) is 14.8. The van der Waals surface area contributed by atoms with Crippen LogP contribution in [-0.2, 0) is 11.2 Å². The van der Waals surface area contributed by atoms with Gasteiger partial charge in [0.1, 0.15) is 5.75 Å². The van der Waals surface area contributed by atoms with Crippen LogP contribution >= 0.6 is 11.3 Å². The molecule has 6 heteroatoms. The highest BCUT2D eigenvalue weighted by molar-refractivity contribution is 7.13. The van der Waals surface area contributed by atoms with E-state index in [1.165, 1.54) is 0 Å². The zero-order valence-electron chi connectivity index (χ0n) is 13.3.